The van der Waals surface area contributed by atoms with Gasteiger partial charge in [-0.1, -0.05) is 18.2 Å². The van der Waals surface area contributed by atoms with Crippen LogP contribution >= 0.6 is 15.9 Å². The summed E-state index contributed by atoms with van der Waals surface area (Å²) < 4.78 is 7.42. The van der Waals surface area contributed by atoms with Crippen LogP contribution in [0.25, 0.3) is 5.69 Å². The summed E-state index contributed by atoms with van der Waals surface area (Å²) in [6.45, 7) is 3.95. The third-order valence-electron chi connectivity index (χ3n) is 2.52. The van der Waals surface area contributed by atoms with Crippen molar-refractivity contribution >= 4 is 21.9 Å². The molecule has 0 aliphatic carbocycles. The Morgan fingerprint density at radius 1 is 1.39 bits per heavy atom. The summed E-state index contributed by atoms with van der Waals surface area (Å²) in [6.07, 6.45) is 0. The summed E-state index contributed by atoms with van der Waals surface area (Å²) in [6, 6.07) is 9.62. The van der Waals surface area contributed by atoms with Crippen LogP contribution in [0.4, 0.5) is 0 Å². The second kappa shape index (κ2) is 5.35. The van der Waals surface area contributed by atoms with E-state index >= 15 is 0 Å². The molecule has 5 heteroatoms. The van der Waals surface area contributed by atoms with Gasteiger partial charge in [0.05, 0.1) is 12.3 Å². The van der Waals surface area contributed by atoms with Crippen LogP contribution in [0.3, 0.4) is 0 Å². The number of hydrogen-bond acceptors (Lipinski definition) is 3. The van der Waals surface area contributed by atoms with E-state index in [1.54, 1.807) is 11.6 Å². The number of rotatable bonds is 3. The molecular formula is C13H13BrN2O2. The Balaban J connectivity index is 2.46. The third kappa shape index (κ3) is 2.31. The molecule has 0 fully saturated rings. The fourth-order valence-corrected chi connectivity index (χ4v) is 2.08. The number of benzene rings is 1. The van der Waals surface area contributed by atoms with Crippen molar-refractivity contribution in [1.82, 2.24) is 9.78 Å². The highest BCUT2D eigenvalue weighted by atomic mass is 79.9. The zero-order valence-corrected chi connectivity index (χ0v) is 11.8. The van der Waals surface area contributed by atoms with Crippen LogP contribution in [0, 0.1) is 6.92 Å². The van der Waals surface area contributed by atoms with E-state index in [1.165, 1.54) is 0 Å². The van der Waals surface area contributed by atoms with Crippen molar-refractivity contribution in [2.45, 2.75) is 13.8 Å². The van der Waals surface area contributed by atoms with Gasteiger partial charge in [-0.15, -0.1) is 0 Å². The van der Waals surface area contributed by atoms with Gasteiger partial charge in [-0.25, -0.2) is 9.48 Å². The molecule has 0 unspecified atom stereocenters. The third-order valence-corrected chi connectivity index (χ3v) is 3.45. The minimum atomic E-state index is -0.398. The lowest BCUT2D eigenvalue weighted by Gasteiger charge is -2.01. The van der Waals surface area contributed by atoms with Crippen LogP contribution in [-0.2, 0) is 4.74 Å². The van der Waals surface area contributed by atoms with E-state index in [-0.39, 0.29) is 0 Å². The topological polar surface area (TPSA) is 44.1 Å². The van der Waals surface area contributed by atoms with E-state index in [2.05, 4.69) is 21.0 Å². The van der Waals surface area contributed by atoms with E-state index in [1.807, 2.05) is 37.3 Å². The minimum absolute atomic E-state index is 0.340. The molecule has 0 atom stereocenters. The molecule has 4 nitrogen and oxygen atoms in total. The van der Waals surface area contributed by atoms with Gasteiger partial charge in [0, 0.05) is 5.56 Å². The minimum Gasteiger partial charge on any atom is -0.461 e. The van der Waals surface area contributed by atoms with Crippen LogP contribution in [0.5, 0.6) is 0 Å². The van der Waals surface area contributed by atoms with Gasteiger partial charge in [0.2, 0.25) is 0 Å². The van der Waals surface area contributed by atoms with E-state index < -0.39 is 5.97 Å². The molecule has 0 radical (unpaired) electrons. The van der Waals surface area contributed by atoms with Crippen LogP contribution in [0.1, 0.15) is 23.0 Å². The fourth-order valence-electron chi connectivity index (χ4n) is 1.61. The van der Waals surface area contributed by atoms with E-state index in [9.17, 15) is 4.79 Å². The van der Waals surface area contributed by atoms with Crippen molar-refractivity contribution in [2.24, 2.45) is 0 Å². The highest BCUT2D eigenvalue weighted by Crippen LogP contribution is 2.23. The molecule has 2 rings (SSSR count). The van der Waals surface area contributed by atoms with Gasteiger partial charge < -0.3 is 4.74 Å². The lowest BCUT2D eigenvalue weighted by Crippen LogP contribution is -2.07. The van der Waals surface area contributed by atoms with E-state index in [0.29, 0.717) is 12.3 Å². The quantitative estimate of drug-likeness (QED) is 0.818. The number of halogens is 1. The summed E-state index contributed by atoms with van der Waals surface area (Å²) in [7, 11) is 0. The molecule has 2 aromatic rings. The highest BCUT2D eigenvalue weighted by molar-refractivity contribution is 9.10. The van der Waals surface area contributed by atoms with E-state index in [0.717, 1.165) is 15.9 Å². The number of hydrogen-bond donors (Lipinski definition) is 0. The maximum Gasteiger partial charge on any atom is 0.359 e. The maximum absolute atomic E-state index is 11.7. The highest BCUT2D eigenvalue weighted by Gasteiger charge is 2.20. The Morgan fingerprint density at radius 3 is 2.67 bits per heavy atom. The summed E-state index contributed by atoms with van der Waals surface area (Å²) in [4.78, 5) is 11.7. The van der Waals surface area contributed by atoms with Crippen molar-refractivity contribution in [3.05, 3.63) is 46.2 Å². The van der Waals surface area contributed by atoms with Crippen molar-refractivity contribution in [3.63, 3.8) is 0 Å². The molecule has 0 N–H and O–H groups in total. The first kappa shape index (κ1) is 12.8. The van der Waals surface area contributed by atoms with Gasteiger partial charge in [0.25, 0.3) is 0 Å². The predicted octanol–water partition coefficient (Wildman–Crippen LogP) is 3.12. The first-order valence-electron chi connectivity index (χ1n) is 5.62. The molecular weight excluding hydrogens is 296 g/mol. The lowest BCUT2D eigenvalue weighted by molar-refractivity contribution is 0.0518. The predicted molar refractivity (Wildman–Crippen MR) is 72.0 cm³/mol. The Labute approximate surface area is 114 Å². The molecule has 0 bridgehead atoms. The molecule has 0 amide bonds. The van der Waals surface area contributed by atoms with Gasteiger partial charge in [0.1, 0.15) is 4.60 Å². The first-order valence-corrected chi connectivity index (χ1v) is 6.42. The number of para-hydroxylation sites is 1. The van der Waals surface area contributed by atoms with Crippen LogP contribution in [0.15, 0.2) is 34.9 Å². The summed E-state index contributed by atoms with van der Waals surface area (Å²) in [5.41, 5.74) is 2.01. The number of esters is 1. The van der Waals surface area contributed by atoms with Crippen LogP contribution < -0.4 is 0 Å². The average molecular weight is 309 g/mol. The summed E-state index contributed by atoms with van der Waals surface area (Å²) in [5, 5.41) is 4.29. The SMILES string of the molecule is CCOC(=O)c1nn(-c2ccccc2)c(Br)c1C. The van der Waals surface area contributed by atoms with Crippen molar-refractivity contribution in [3.8, 4) is 5.69 Å². The Morgan fingerprint density at radius 2 is 2.06 bits per heavy atom. The molecule has 0 aliphatic heterocycles. The monoisotopic (exact) mass is 308 g/mol. The average Bonchev–Trinajstić information content (AvgIpc) is 2.68. The second-order valence-electron chi connectivity index (χ2n) is 3.73. The Kier molecular flexibility index (Phi) is 3.81. The maximum atomic E-state index is 11.7. The Bertz CT molecular complexity index is 564. The van der Waals surface area contributed by atoms with Gasteiger partial charge in [-0.3, -0.25) is 0 Å². The zero-order valence-electron chi connectivity index (χ0n) is 10.2. The van der Waals surface area contributed by atoms with E-state index in [4.69, 9.17) is 4.74 Å². The van der Waals surface area contributed by atoms with Gasteiger partial charge in [-0.05, 0) is 41.9 Å². The summed E-state index contributed by atoms with van der Waals surface area (Å²) in [5.74, 6) is -0.398. The molecule has 18 heavy (non-hydrogen) atoms. The molecule has 1 aromatic carbocycles. The van der Waals surface area contributed by atoms with Crippen LogP contribution in [0.2, 0.25) is 0 Å². The molecule has 0 saturated carbocycles. The summed E-state index contributed by atoms with van der Waals surface area (Å²) >= 11 is 3.45. The molecule has 1 aromatic heterocycles. The molecule has 0 aliphatic rings. The number of carbonyl (C=O) groups is 1. The largest absolute Gasteiger partial charge is 0.461 e. The normalized spacial score (nSPS) is 10.4. The van der Waals surface area contributed by atoms with Crippen molar-refractivity contribution < 1.29 is 9.53 Å². The van der Waals surface area contributed by atoms with Crippen LogP contribution in [-0.4, -0.2) is 22.4 Å². The van der Waals surface area contributed by atoms with Gasteiger partial charge in [0.15, 0.2) is 5.69 Å². The molecule has 1 heterocycles. The number of carbonyl (C=O) groups excluding carboxylic acids is 1. The second-order valence-corrected chi connectivity index (χ2v) is 4.48. The fraction of sp³-hybridized carbons (Fsp3) is 0.231. The zero-order chi connectivity index (χ0) is 13.1. The van der Waals surface area contributed by atoms with Crippen molar-refractivity contribution in [2.75, 3.05) is 6.61 Å². The number of ether oxygens (including phenoxy) is 1. The number of nitrogens with zero attached hydrogens (tertiary/aromatic N) is 2. The van der Waals surface area contributed by atoms with Gasteiger partial charge >= 0.3 is 5.97 Å². The number of aromatic nitrogens is 2. The molecule has 94 valence electrons. The Hall–Kier alpha value is -1.62. The standard InChI is InChI=1S/C13H13BrN2O2/c1-3-18-13(17)11-9(2)12(14)16(15-11)10-7-5-4-6-8-10/h4-8H,3H2,1-2H3. The van der Waals surface area contributed by atoms with Crippen molar-refractivity contribution in [1.29, 1.82) is 0 Å². The smallest absolute Gasteiger partial charge is 0.359 e. The lowest BCUT2D eigenvalue weighted by atomic mass is 10.3. The first-order chi connectivity index (χ1) is 8.65. The molecule has 0 saturated heterocycles. The molecule has 0 spiro atoms. The van der Waals surface area contributed by atoms with Gasteiger partial charge in [-0.2, -0.15) is 5.10 Å².